The molecular weight excluding hydrogens is 285 g/mol. The van der Waals surface area contributed by atoms with E-state index in [9.17, 15) is 26.7 Å². The summed E-state index contributed by atoms with van der Waals surface area (Å²) in [6.07, 6.45) is 0. The van der Waals surface area contributed by atoms with E-state index in [1.165, 1.54) is 0 Å². The first-order valence-electron chi connectivity index (χ1n) is 4.93. The molecule has 0 unspecified atom stereocenters. The maximum atomic E-state index is 12.2. The molecular formula is C11H7F3O4S. The Labute approximate surface area is 106 Å². The molecule has 0 radical (unpaired) electrons. The minimum Gasteiger partial charge on any atom is -0.504 e. The highest BCUT2D eigenvalue weighted by Gasteiger charge is 2.48. The predicted octanol–water partition coefficient (Wildman–Crippen LogP) is 2.77. The SMILES string of the molecule is O=S(=O)(Oc1cc2ccccc2cc1O)C(F)(F)F. The maximum absolute atomic E-state index is 12.2. The third-order valence-electron chi connectivity index (χ3n) is 2.31. The van der Waals surface area contributed by atoms with Crippen LogP contribution in [0.5, 0.6) is 11.5 Å². The molecule has 4 nitrogen and oxygen atoms in total. The Kier molecular flexibility index (Phi) is 3.05. The monoisotopic (exact) mass is 292 g/mol. The van der Waals surface area contributed by atoms with Gasteiger partial charge in [-0.25, -0.2) is 0 Å². The molecule has 0 atom stereocenters. The summed E-state index contributed by atoms with van der Waals surface area (Å²) in [5.41, 5.74) is -5.55. The van der Waals surface area contributed by atoms with E-state index in [1.807, 2.05) is 0 Å². The van der Waals surface area contributed by atoms with Crippen LogP contribution in [0.15, 0.2) is 36.4 Å². The molecule has 0 heterocycles. The van der Waals surface area contributed by atoms with E-state index in [2.05, 4.69) is 4.18 Å². The van der Waals surface area contributed by atoms with Crippen LogP contribution in [-0.2, 0) is 10.1 Å². The lowest BCUT2D eigenvalue weighted by atomic mass is 10.1. The molecule has 0 aromatic heterocycles. The molecule has 2 rings (SSSR count). The van der Waals surface area contributed by atoms with Crippen LogP contribution in [0.4, 0.5) is 13.2 Å². The molecule has 19 heavy (non-hydrogen) atoms. The Morgan fingerprint density at radius 1 is 1.05 bits per heavy atom. The number of aromatic hydroxyl groups is 1. The van der Waals surface area contributed by atoms with Crippen LogP contribution in [0, 0.1) is 0 Å². The molecule has 1 N–H and O–H groups in total. The largest absolute Gasteiger partial charge is 0.534 e. The summed E-state index contributed by atoms with van der Waals surface area (Å²) in [7, 11) is -5.80. The summed E-state index contributed by atoms with van der Waals surface area (Å²) in [5.74, 6) is -1.46. The highest BCUT2D eigenvalue weighted by atomic mass is 32.2. The number of alkyl halides is 3. The number of rotatable bonds is 2. The number of hydrogen-bond donors (Lipinski definition) is 1. The van der Waals surface area contributed by atoms with Gasteiger partial charge in [0.1, 0.15) is 0 Å². The van der Waals surface area contributed by atoms with Gasteiger partial charge in [0, 0.05) is 0 Å². The minimum absolute atomic E-state index is 0.438. The van der Waals surface area contributed by atoms with Crippen molar-refractivity contribution < 1.29 is 30.9 Å². The first-order chi connectivity index (χ1) is 8.71. The van der Waals surface area contributed by atoms with Crippen LogP contribution in [-0.4, -0.2) is 19.0 Å². The summed E-state index contributed by atoms with van der Waals surface area (Å²) in [4.78, 5) is 0. The van der Waals surface area contributed by atoms with Gasteiger partial charge in [-0.15, -0.1) is 0 Å². The molecule has 0 bridgehead atoms. The second kappa shape index (κ2) is 4.30. The highest BCUT2D eigenvalue weighted by molar-refractivity contribution is 7.88. The van der Waals surface area contributed by atoms with Crippen LogP contribution in [0.3, 0.4) is 0 Å². The average Bonchev–Trinajstić information content (AvgIpc) is 2.28. The topological polar surface area (TPSA) is 63.6 Å². The average molecular weight is 292 g/mol. The van der Waals surface area contributed by atoms with Crippen LogP contribution in [0.2, 0.25) is 0 Å². The quantitative estimate of drug-likeness (QED) is 0.683. The minimum atomic E-state index is -5.80. The maximum Gasteiger partial charge on any atom is 0.534 e. The standard InChI is InChI=1S/C11H7F3O4S/c12-11(13,14)19(16,17)18-10-6-8-4-2-1-3-7(8)5-9(10)15/h1-6,15H. The van der Waals surface area contributed by atoms with Gasteiger partial charge in [-0.3, -0.25) is 0 Å². The molecule has 8 heteroatoms. The summed E-state index contributed by atoms with van der Waals surface area (Å²) in [6.45, 7) is 0. The van der Waals surface area contributed by atoms with Gasteiger partial charge >= 0.3 is 15.6 Å². The van der Waals surface area contributed by atoms with Crippen molar-refractivity contribution in [1.82, 2.24) is 0 Å². The molecule has 0 aliphatic rings. The van der Waals surface area contributed by atoms with Gasteiger partial charge in [-0.05, 0) is 22.9 Å². The number of phenolic OH excluding ortho intramolecular Hbond substituents is 1. The molecule has 2 aromatic carbocycles. The number of hydrogen-bond acceptors (Lipinski definition) is 4. The highest BCUT2D eigenvalue weighted by Crippen LogP contribution is 2.35. The van der Waals surface area contributed by atoms with E-state index in [0.717, 1.165) is 12.1 Å². The van der Waals surface area contributed by atoms with Crippen molar-refractivity contribution in [2.24, 2.45) is 0 Å². The molecule has 0 amide bonds. The van der Waals surface area contributed by atoms with Crippen molar-refractivity contribution in [2.75, 3.05) is 0 Å². The van der Waals surface area contributed by atoms with E-state index in [1.54, 1.807) is 24.3 Å². The molecule has 102 valence electrons. The van der Waals surface area contributed by atoms with E-state index in [-0.39, 0.29) is 0 Å². The molecule has 0 spiro atoms. The normalized spacial score (nSPS) is 12.6. The smallest absolute Gasteiger partial charge is 0.504 e. The summed E-state index contributed by atoms with van der Waals surface area (Å²) in [5, 5.41) is 10.5. The number of benzene rings is 2. The zero-order valence-electron chi connectivity index (χ0n) is 9.18. The first kappa shape index (κ1) is 13.5. The first-order valence-corrected chi connectivity index (χ1v) is 6.34. The fourth-order valence-corrected chi connectivity index (χ4v) is 1.90. The zero-order chi connectivity index (χ0) is 14.3. The van der Waals surface area contributed by atoms with E-state index in [0.29, 0.717) is 10.8 Å². The van der Waals surface area contributed by atoms with Crippen molar-refractivity contribution >= 4 is 20.9 Å². The summed E-state index contributed by atoms with van der Waals surface area (Å²) in [6, 6.07) is 8.57. The Balaban J connectivity index is 2.50. The van der Waals surface area contributed by atoms with Gasteiger partial charge in [-0.2, -0.15) is 21.6 Å². The van der Waals surface area contributed by atoms with Crippen LogP contribution in [0.1, 0.15) is 0 Å². The zero-order valence-corrected chi connectivity index (χ0v) is 9.99. The Morgan fingerprint density at radius 3 is 2.11 bits per heavy atom. The van der Waals surface area contributed by atoms with Crippen molar-refractivity contribution in [3.63, 3.8) is 0 Å². The van der Waals surface area contributed by atoms with Crippen LogP contribution < -0.4 is 4.18 Å². The molecule has 0 aliphatic heterocycles. The van der Waals surface area contributed by atoms with Crippen LogP contribution in [0.25, 0.3) is 10.8 Å². The van der Waals surface area contributed by atoms with Gasteiger partial charge in [0.2, 0.25) is 0 Å². The third kappa shape index (κ3) is 2.58. The second-order valence-electron chi connectivity index (χ2n) is 3.65. The lowest BCUT2D eigenvalue weighted by molar-refractivity contribution is -0.0500. The fraction of sp³-hybridized carbons (Fsp3) is 0.0909. The summed E-state index contributed by atoms with van der Waals surface area (Å²) >= 11 is 0. The van der Waals surface area contributed by atoms with Gasteiger partial charge in [0.25, 0.3) is 0 Å². The van der Waals surface area contributed by atoms with E-state index < -0.39 is 27.1 Å². The van der Waals surface area contributed by atoms with Gasteiger partial charge < -0.3 is 9.29 Å². The van der Waals surface area contributed by atoms with Gasteiger partial charge in [0.15, 0.2) is 11.5 Å². The lowest BCUT2D eigenvalue weighted by Gasteiger charge is -2.11. The number of halogens is 3. The summed E-state index contributed by atoms with van der Waals surface area (Å²) < 4.78 is 62.1. The number of fused-ring (bicyclic) bond motifs is 1. The fourth-order valence-electron chi connectivity index (χ4n) is 1.44. The van der Waals surface area contributed by atoms with E-state index >= 15 is 0 Å². The third-order valence-corrected chi connectivity index (χ3v) is 3.28. The molecule has 0 fully saturated rings. The van der Waals surface area contributed by atoms with E-state index in [4.69, 9.17) is 0 Å². The van der Waals surface area contributed by atoms with Crippen molar-refractivity contribution in [1.29, 1.82) is 0 Å². The van der Waals surface area contributed by atoms with Gasteiger partial charge in [0.05, 0.1) is 0 Å². The van der Waals surface area contributed by atoms with Crippen molar-refractivity contribution in [3.05, 3.63) is 36.4 Å². The Bertz CT molecular complexity index is 722. The molecule has 0 saturated heterocycles. The molecule has 0 saturated carbocycles. The van der Waals surface area contributed by atoms with Crippen molar-refractivity contribution in [2.45, 2.75) is 5.51 Å². The van der Waals surface area contributed by atoms with Crippen LogP contribution >= 0.6 is 0 Å². The molecule has 2 aromatic rings. The second-order valence-corrected chi connectivity index (χ2v) is 5.19. The van der Waals surface area contributed by atoms with Crippen molar-refractivity contribution in [3.8, 4) is 11.5 Å². The Hall–Kier alpha value is -1.96. The Morgan fingerprint density at radius 2 is 1.58 bits per heavy atom. The predicted molar refractivity (Wildman–Crippen MR) is 61.2 cm³/mol. The number of phenols is 1. The molecule has 0 aliphatic carbocycles. The van der Waals surface area contributed by atoms with Gasteiger partial charge in [-0.1, -0.05) is 24.3 Å². The lowest BCUT2D eigenvalue weighted by Crippen LogP contribution is -2.28.